The quantitative estimate of drug-likeness (QED) is 0.477. The highest BCUT2D eigenvalue weighted by Crippen LogP contribution is 2.23. The Morgan fingerprint density at radius 2 is 2.10 bits per heavy atom. The molecule has 110 valence electrons. The molecule has 1 rings (SSSR count). The average molecular weight is 408 g/mol. The first-order chi connectivity index (χ1) is 9.45. The number of carboxylic acid groups (broad SMARTS) is 1. The number of nitrogens with one attached hydrogen (secondary N) is 1. The number of carboxylic acids is 1. The molecular formula is C13H17IN2O3S. The zero-order chi connectivity index (χ0) is 15.1. The lowest BCUT2D eigenvalue weighted by Crippen LogP contribution is -2.37. The molecule has 0 aromatic heterocycles. The lowest BCUT2D eigenvalue weighted by atomic mass is 10.1. The molecule has 0 aliphatic carbocycles. The van der Waals surface area contributed by atoms with E-state index >= 15 is 0 Å². The number of halogens is 1. The van der Waals surface area contributed by atoms with E-state index in [1.165, 1.54) is 6.07 Å². The van der Waals surface area contributed by atoms with E-state index in [1.54, 1.807) is 30.0 Å². The molecule has 1 aromatic rings. The molecule has 20 heavy (non-hydrogen) atoms. The van der Waals surface area contributed by atoms with Gasteiger partial charge in [-0.2, -0.15) is 0 Å². The smallest absolute Gasteiger partial charge is 0.337 e. The lowest BCUT2D eigenvalue weighted by molar-refractivity contribution is -0.117. The van der Waals surface area contributed by atoms with Crippen molar-refractivity contribution in [3.05, 3.63) is 29.8 Å². The van der Waals surface area contributed by atoms with Crippen LogP contribution in [0.4, 0.5) is 5.69 Å². The van der Waals surface area contributed by atoms with Crippen molar-refractivity contribution in [2.45, 2.75) is 22.6 Å². The van der Waals surface area contributed by atoms with E-state index in [-0.39, 0.29) is 20.4 Å². The zero-order valence-electron chi connectivity index (χ0n) is 11.0. The fourth-order valence-corrected chi connectivity index (χ4v) is 3.89. The molecule has 7 heteroatoms. The maximum Gasteiger partial charge on any atom is 0.337 e. The van der Waals surface area contributed by atoms with Crippen LogP contribution in [-0.2, 0) is 4.79 Å². The molecule has 0 radical (unpaired) electrons. The van der Waals surface area contributed by atoms with Crippen molar-refractivity contribution in [2.24, 2.45) is 5.73 Å². The maximum absolute atomic E-state index is 12.0. The molecule has 0 heterocycles. The summed E-state index contributed by atoms with van der Waals surface area (Å²) in [5.74, 6) is -0.482. The van der Waals surface area contributed by atoms with Gasteiger partial charge in [-0.25, -0.2) is 4.79 Å². The number of hydrogen-bond donors (Lipinski definition) is 3. The summed E-state index contributed by atoms with van der Waals surface area (Å²) in [7, 11) is 0. The molecule has 1 amide bonds. The summed E-state index contributed by atoms with van der Waals surface area (Å²) in [5, 5.41) is 11.6. The number of para-hydroxylation sites is 1. The van der Waals surface area contributed by atoms with Crippen LogP contribution in [0, 0.1) is 0 Å². The first kappa shape index (κ1) is 17.3. The summed E-state index contributed by atoms with van der Waals surface area (Å²) in [5.41, 5.74) is 6.17. The Labute approximate surface area is 135 Å². The molecule has 1 aromatic carbocycles. The van der Waals surface area contributed by atoms with Gasteiger partial charge in [0.05, 0.1) is 20.5 Å². The van der Waals surface area contributed by atoms with E-state index in [2.05, 4.69) is 27.9 Å². The highest BCUT2D eigenvalue weighted by molar-refractivity contribution is 14.1. The molecule has 0 spiro atoms. The van der Waals surface area contributed by atoms with Crippen molar-refractivity contribution < 1.29 is 14.7 Å². The SMILES string of the molecule is CCSC(I)C[C@H](N)C(=O)Nc1ccccc1C(=O)O. The van der Waals surface area contributed by atoms with E-state index in [0.717, 1.165) is 5.75 Å². The summed E-state index contributed by atoms with van der Waals surface area (Å²) < 4.78 is 0.257. The maximum atomic E-state index is 12.0. The van der Waals surface area contributed by atoms with Crippen molar-refractivity contribution in [3.8, 4) is 0 Å². The summed E-state index contributed by atoms with van der Waals surface area (Å²) in [6, 6.07) is 5.62. The Hall–Kier alpha value is -0.800. The zero-order valence-corrected chi connectivity index (χ0v) is 14.0. The molecule has 2 atom stereocenters. The summed E-state index contributed by atoms with van der Waals surface area (Å²) in [6.45, 7) is 2.05. The van der Waals surface area contributed by atoms with Crippen LogP contribution in [0.1, 0.15) is 23.7 Å². The standard InChI is InChI=1S/C13H17IN2O3S/c1-2-20-11(14)7-9(15)12(17)16-10-6-4-3-5-8(10)13(18)19/h3-6,9,11H,2,7,15H2,1H3,(H,16,17)(H,18,19)/t9-,11?/m0/s1. The Morgan fingerprint density at radius 1 is 1.45 bits per heavy atom. The van der Waals surface area contributed by atoms with Gasteiger partial charge in [-0.3, -0.25) is 4.79 Å². The number of benzene rings is 1. The van der Waals surface area contributed by atoms with Crippen LogP contribution in [0.15, 0.2) is 24.3 Å². The number of anilines is 1. The first-order valence-electron chi connectivity index (χ1n) is 6.10. The number of thioether (sulfide) groups is 1. The Balaban J connectivity index is 2.68. The molecule has 0 saturated carbocycles. The van der Waals surface area contributed by atoms with Gasteiger partial charge in [0.15, 0.2) is 0 Å². The number of hydrogen-bond acceptors (Lipinski definition) is 4. The van der Waals surface area contributed by atoms with Crippen molar-refractivity contribution in [1.82, 2.24) is 0 Å². The fraction of sp³-hybridized carbons (Fsp3) is 0.385. The van der Waals surface area contributed by atoms with Gasteiger partial charge in [-0.05, 0) is 24.3 Å². The van der Waals surface area contributed by atoms with Crippen LogP contribution in [0.2, 0.25) is 0 Å². The van der Waals surface area contributed by atoms with Crippen molar-refractivity contribution in [3.63, 3.8) is 0 Å². The van der Waals surface area contributed by atoms with Crippen LogP contribution in [0.3, 0.4) is 0 Å². The van der Waals surface area contributed by atoms with Gasteiger partial charge in [0.2, 0.25) is 5.91 Å². The number of aromatic carboxylic acids is 1. The second-order valence-electron chi connectivity index (χ2n) is 4.05. The van der Waals surface area contributed by atoms with Crippen LogP contribution < -0.4 is 11.1 Å². The lowest BCUT2D eigenvalue weighted by Gasteiger charge is -2.16. The Kier molecular flexibility index (Phi) is 7.31. The Morgan fingerprint density at radius 3 is 2.70 bits per heavy atom. The van der Waals surface area contributed by atoms with Gasteiger partial charge >= 0.3 is 5.97 Å². The monoisotopic (exact) mass is 408 g/mol. The molecular weight excluding hydrogens is 391 g/mol. The number of rotatable bonds is 7. The third-order valence-corrected chi connectivity index (χ3v) is 5.01. The van der Waals surface area contributed by atoms with Gasteiger partial charge in [0, 0.05) is 0 Å². The average Bonchev–Trinajstić information content (AvgIpc) is 2.39. The summed E-state index contributed by atoms with van der Waals surface area (Å²) in [6.07, 6.45) is 0.542. The summed E-state index contributed by atoms with van der Waals surface area (Å²) >= 11 is 3.97. The molecule has 0 fully saturated rings. The van der Waals surface area contributed by atoms with Crippen LogP contribution >= 0.6 is 34.4 Å². The topological polar surface area (TPSA) is 92.4 Å². The highest BCUT2D eigenvalue weighted by atomic mass is 127. The second-order valence-corrected chi connectivity index (χ2v) is 7.88. The van der Waals surface area contributed by atoms with Crippen LogP contribution in [0.25, 0.3) is 0 Å². The third-order valence-electron chi connectivity index (χ3n) is 2.54. The van der Waals surface area contributed by atoms with Gasteiger partial charge < -0.3 is 16.2 Å². The van der Waals surface area contributed by atoms with Gasteiger partial charge in [-0.15, -0.1) is 11.8 Å². The predicted octanol–water partition coefficient (Wildman–Crippen LogP) is 2.55. The predicted molar refractivity (Wildman–Crippen MR) is 90.6 cm³/mol. The van der Waals surface area contributed by atoms with Crippen molar-refractivity contribution in [2.75, 3.05) is 11.1 Å². The van der Waals surface area contributed by atoms with Gasteiger partial charge in [0.25, 0.3) is 0 Å². The van der Waals surface area contributed by atoms with E-state index < -0.39 is 12.0 Å². The molecule has 0 bridgehead atoms. The van der Waals surface area contributed by atoms with Crippen LogP contribution in [-0.4, -0.2) is 32.0 Å². The van der Waals surface area contributed by atoms with E-state index in [9.17, 15) is 9.59 Å². The minimum absolute atomic E-state index is 0.0574. The summed E-state index contributed by atoms with van der Waals surface area (Å²) in [4.78, 5) is 23.0. The number of nitrogens with two attached hydrogens (primary N) is 1. The molecule has 5 nitrogen and oxygen atoms in total. The van der Waals surface area contributed by atoms with Crippen molar-refractivity contribution >= 4 is 51.9 Å². The molecule has 4 N–H and O–H groups in total. The van der Waals surface area contributed by atoms with Crippen LogP contribution in [0.5, 0.6) is 0 Å². The highest BCUT2D eigenvalue weighted by Gasteiger charge is 2.19. The minimum Gasteiger partial charge on any atom is -0.478 e. The normalized spacial score (nSPS) is 13.6. The van der Waals surface area contributed by atoms with E-state index in [1.807, 2.05) is 6.92 Å². The van der Waals surface area contributed by atoms with E-state index in [0.29, 0.717) is 6.42 Å². The Bertz CT molecular complexity index is 484. The van der Waals surface area contributed by atoms with Gasteiger partial charge in [-0.1, -0.05) is 41.6 Å². The van der Waals surface area contributed by atoms with E-state index in [4.69, 9.17) is 10.8 Å². The number of carbonyl (C=O) groups excluding carboxylic acids is 1. The third kappa shape index (κ3) is 5.29. The number of carbonyl (C=O) groups is 2. The fourth-order valence-electron chi connectivity index (χ4n) is 1.56. The first-order valence-corrected chi connectivity index (χ1v) is 8.39. The van der Waals surface area contributed by atoms with Crippen molar-refractivity contribution in [1.29, 1.82) is 0 Å². The molecule has 1 unspecified atom stereocenters. The molecule has 0 aliphatic heterocycles. The minimum atomic E-state index is -1.08. The largest absolute Gasteiger partial charge is 0.478 e. The number of alkyl halides is 1. The second kappa shape index (κ2) is 8.48. The van der Waals surface area contributed by atoms with Gasteiger partial charge in [0.1, 0.15) is 0 Å². The molecule has 0 saturated heterocycles. The number of amides is 1. The molecule has 0 aliphatic rings.